The van der Waals surface area contributed by atoms with E-state index in [9.17, 15) is 4.79 Å². The largest absolute Gasteiger partial charge is 0.372 e. The van der Waals surface area contributed by atoms with Crippen LogP contribution in [-0.4, -0.2) is 24.0 Å². The lowest BCUT2D eigenvalue weighted by Gasteiger charge is -2.17. The lowest BCUT2D eigenvalue weighted by atomic mass is 10.2. The van der Waals surface area contributed by atoms with Crippen LogP contribution in [0.15, 0.2) is 66.9 Å². The minimum absolute atomic E-state index is 0.150. The highest BCUT2D eigenvalue weighted by Crippen LogP contribution is 2.22. The van der Waals surface area contributed by atoms with E-state index in [1.807, 2.05) is 43.3 Å². The molecule has 1 aromatic heterocycles. The molecule has 0 saturated carbocycles. The third-order valence-electron chi connectivity index (χ3n) is 4.94. The van der Waals surface area contributed by atoms with Crippen molar-refractivity contribution >= 4 is 28.8 Å². The highest BCUT2D eigenvalue weighted by atomic mass is 16.1. The standard InChI is InChI=1S/C23H24N4O/c1-17-4-6-19(7-5-17)25-22-16-18(12-13-24-22)23(28)26-20-8-10-21(11-9-20)27-14-2-3-15-27/h4-13,16H,2-3,14-15H2,1H3,(H,24,25)(H,26,28). The Hall–Kier alpha value is -3.34. The van der Waals surface area contributed by atoms with Crippen LogP contribution in [-0.2, 0) is 0 Å². The Balaban J connectivity index is 1.42. The quantitative estimate of drug-likeness (QED) is 0.663. The molecule has 0 aliphatic carbocycles. The Morgan fingerprint density at radius 2 is 1.61 bits per heavy atom. The van der Waals surface area contributed by atoms with Crippen LogP contribution in [0.3, 0.4) is 0 Å². The lowest BCUT2D eigenvalue weighted by Crippen LogP contribution is -2.17. The van der Waals surface area contributed by atoms with E-state index in [2.05, 4.69) is 32.7 Å². The monoisotopic (exact) mass is 372 g/mol. The zero-order chi connectivity index (χ0) is 19.3. The number of anilines is 4. The lowest BCUT2D eigenvalue weighted by molar-refractivity contribution is 0.102. The third kappa shape index (κ3) is 4.31. The van der Waals surface area contributed by atoms with Gasteiger partial charge in [0.2, 0.25) is 0 Å². The van der Waals surface area contributed by atoms with Gasteiger partial charge in [-0.1, -0.05) is 17.7 Å². The molecule has 28 heavy (non-hydrogen) atoms. The molecule has 1 amide bonds. The molecular formula is C23H24N4O. The molecule has 5 nitrogen and oxygen atoms in total. The maximum Gasteiger partial charge on any atom is 0.255 e. The minimum atomic E-state index is -0.150. The Kier molecular flexibility index (Phi) is 5.24. The minimum Gasteiger partial charge on any atom is -0.372 e. The van der Waals surface area contributed by atoms with Crippen LogP contribution < -0.4 is 15.5 Å². The average Bonchev–Trinajstić information content (AvgIpc) is 3.25. The van der Waals surface area contributed by atoms with Crippen LogP contribution in [0, 0.1) is 6.92 Å². The van der Waals surface area contributed by atoms with Gasteiger partial charge in [-0.05, 0) is 68.3 Å². The summed E-state index contributed by atoms with van der Waals surface area (Å²) in [5, 5.41) is 6.19. The van der Waals surface area contributed by atoms with Crippen molar-refractivity contribution in [3.05, 3.63) is 78.0 Å². The van der Waals surface area contributed by atoms with Crippen LogP contribution >= 0.6 is 0 Å². The summed E-state index contributed by atoms with van der Waals surface area (Å²) in [5.41, 5.74) is 4.70. The fourth-order valence-corrected chi connectivity index (χ4v) is 3.36. The van der Waals surface area contributed by atoms with E-state index in [0.29, 0.717) is 11.4 Å². The predicted octanol–water partition coefficient (Wildman–Crippen LogP) is 4.99. The molecule has 4 rings (SSSR count). The van der Waals surface area contributed by atoms with E-state index in [-0.39, 0.29) is 5.91 Å². The molecule has 0 bridgehead atoms. The van der Waals surface area contributed by atoms with Crippen LogP contribution in [0.2, 0.25) is 0 Å². The van der Waals surface area contributed by atoms with Gasteiger partial charge in [0.25, 0.3) is 5.91 Å². The van der Waals surface area contributed by atoms with Crippen molar-refractivity contribution in [1.29, 1.82) is 0 Å². The van der Waals surface area contributed by atoms with Gasteiger partial charge in [0.1, 0.15) is 5.82 Å². The molecule has 2 heterocycles. The Morgan fingerprint density at radius 3 is 2.32 bits per heavy atom. The van der Waals surface area contributed by atoms with Crippen molar-refractivity contribution in [2.75, 3.05) is 28.6 Å². The first-order valence-corrected chi connectivity index (χ1v) is 9.63. The Morgan fingerprint density at radius 1 is 0.929 bits per heavy atom. The molecule has 2 N–H and O–H groups in total. The number of nitrogens with zero attached hydrogens (tertiary/aromatic N) is 2. The fourth-order valence-electron chi connectivity index (χ4n) is 3.36. The smallest absolute Gasteiger partial charge is 0.255 e. The number of carbonyl (C=O) groups excluding carboxylic acids is 1. The van der Waals surface area contributed by atoms with Gasteiger partial charge < -0.3 is 15.5 Å². The number of pyridine rings is 1. The van der Waals surface area contributed by atoms with Gasteiger partial charge in [0, 0.05) is 41.9 Å². The van der Waals surface area contributed by atoms with E-state index in [4.69, 9.17) is 0 Å². The summed E-state index contributed by atoms with van der Waals surface area (Å²) in [6.07, 6.45) is 4.14. The van der Waals surface area contributed by atoms with E-state index in [0.717, 1.165) is 24.5 Å². The first kappa shape index (κ1) is 18.0. The van der Waals surface area contributed by atoms with Crippen LogP contribution in [0.1, 0.15) is 28.8 Å². The number of nitrogens with one attached hydrogen (secondary N) is 2. The van der Waals surface area contributed by atoms with E-state index in [1.165, 1.54) is 24.1 Å². The van der Waals surface area contributed by atoms with Crippen molar-refractivity contribution in [2.24, 2.45) is 0 Å². The summed E-state index contributed by atoms with van der Waals surface area (Å²) in [7, 11) is 0. The molecule has 0 spiro atoms. The van der Waals surface area contributed by atoms with Gasteiger partial charge in [0.15, 0.2) is 0 Å². The molecule has 3 aromatic rings. The summed E-state index contributed by atoms with van der Waals surface area (Å²) < 4.78 is 0. The summed E-state index contributed by atoms with van der Waals surface area (Å²) in [6, 6.07) is 19.6. The summed E-state index contributed by atoms with van der Waals surface area (Å²) in [5.74, 6) is 0.490. The molecule has 1 fully saturated rings. The zero-order valence-corrected chi connectivity index (χ0v) is 16.0. The van der Waals surface area contributed by atoms with Gasteiger partial charge in [-0.15, -0.1) is 0 Å². The molecule has 1 saturated heterocycles. The Bertz CT molecular complexity index is 945. The normalized spacial score (nSPS) is 13.4. The number of carbonyl (C=O) groups is 1. The number of aryl methyl sites for hydroxylation is 1. The van der Waals surface area contributed by atoms with E-state index in [1.54, 1.807) is 18.3 Å². The maximum atomic E-state index is 12.6. The van der Waals surface area contributed by atoms with Crippen molar-refractivity contribution in [2.45, 2.75) is 19.8 Å². The summed E-state index contributed by atoms with van der Waals surface area (Å²) in [4.78, 5) is 19.3. The second-order valence-corrected chi connectivity index (χ2v) is 7.12. The van der Waals surface area contributed by atoms with Crippen LogP contribution in [0.4, 0.5) is 22.9 Å². The number of rotatable bonds is 5. The van der Waals surface area contributed by atoms with Gasteiger partial charge in [-0.2, -0.15) is 0 Å². The van der Waals surface area contributed by atoms with E-state index < -0.39 is 0 Å². The molecule has 0 radical (unpaired) electrons. The number of benzene rings is 2. The molecule has 0 unspecified atom stereocenters. The second kappa shape index (κ2) is 8.13. The number of hydrogen-bond acceptors (Lipinski definition) is 4. The molecular weight excluding hydrogens is 348 g/mol. The van der Waals surface area contributed by atoms with Gasteiger partial charge in [-0.3, -0.25) is 4.79 Å². The number of hydrogen-bond donors (Lipinski definition) is 2. The fraction of sp³-hybridized carbons (Fsp3) is 0.217. The summed E-state index contributed by atoms with van der Waals surface area (Å²) >= 11 is 0. The first-order chi connectivity index (χ1) is 13.7. The predicted molar refractivity (Wildman–Crippen MR) is 115 cm³/mol. The SMILES string of the molecule is Cc1ccc(Nc2cc(C(=O)Nc3ccc(N4CCCC4)cc3)ccn2)cc1. The topological polar surface area (TPSA) is 57.3 Å². The molecule has 5 heteroatoms. The van der Waals surface area contributed by atoms with Gasteiger partial charge in [0.05, 0.1) is 0 Å². The summed E-state index contributed by atoms with van der Waals surface area (Å²) in [6.45, 7) is 4.27. The third-order valence-corrected chi connectivity index (χ3v) is 4.94. The maximum absolute atomic E-state index is 12.6. The molecule has 1 aliphatic rings. The van der Waals surface area contributed by atoms with E-state index >= 15 is 0 Å². The first-order valence-electron chi connectivity index (χ1n) is 9.63. The van der Waals surface area contributed by atoms with Crippen molar-refractivity contribution in [3.63, 3.8) is 0 Å². The number of aromatic nitrogens is 1. The molecule has 1 aliphatic heterocycles. The highest BCUT2D eigenvalue weighted by molar-refractivity contribution is 6.04. The average molecular weight is 372 g/mol. The molecule has 0 atom stereocenters. The van der Waals surface area contributed by atoms with Gasteiger partial charge in [-0.25, -0.2) is 4.98 Å². The van der Waals surface area contributed by atoms with Crippen molar-refractivity contribution in [3.8, 4) is 0 Å². The Labute approximate surface area is 165 Å². The molecule has 142 valence electrons. The van der Waals surface area contributed by atoms with Crippen LogP contribution in [0.5, 0.6) is 0 Å². The van der Waals surface area contributed by atoms with Crippen LogP contribution in [0.25, 0.3) is 0 Å². The van der Waals surface area contributed by atoms with Crippen molar-refractivity contribution in [1.82, 2.24) is 4.98 Å². The zero-order valence-electron chi connectivity index (χ0n) is 16.0. The van der Waals surface area contributed by atoms with Gasteiger partial charge >= 0.3 is 0 Å². The number of amides is 1. The molecule has 2 aromatic carbocycles. The second-order valence-electron chi connectivity index (χ2n) is 7.12. The van der Waals surface area contributed by atoms with Crippen molar-refractivity contribution < 1.29 is 4.79 Å². The highest BCUT2D eigenvalue weighted by Gasteiger charge is 2.12.